The molecule has 0 fully saturated rings. The summed E-state index contributed by atoms with van der Waals surface area (Å²) in [5.74, 6) is -0.658. The van der Waals surface area contributed by atoms with E-state index in [-0.39, 0.29) is 16.1 Å². The highest BCUT2D eigenvalue weighted by atomic mass is 32.2. The molecule has 1 aromatic heterocycles. The molecule has 0 amide bonds. The summed E-state index contributed by atoms with van der Waals surface area (Å²) in [6, 6.07) is 2.31. The van der Waals surface area contributed by atoms with Gasteiger partial charge >= 0.3 is 0 Å². The van der Waals surface area contributed by atoms with Crippen molar-refractivity contribution >= 4 is 21.4 Å². The molecule has 8 heteroatoms. The summed E-state index contributed by atoms with van der Waals surface area (Å²) in [7, 11) is -3.91. The summed E-state index contributed by atoms with van der Waals surface area (Å²) in [6.07, 6.45) is 2.94. The molecule has 0 saturated carbocycles. The number of nitrogens with two attached hydrogens (primary N) is 1. The summed E-state index contributed by atoms with van der Waals surface area (Å²) in [5.41, 5.74) is 5.89. The van der Waals surface area contributed by atoms with Gasteiger partial charge in [-0.25, -0.2) is 12.8 Å². The highest BCUT2D eigenvalue weighted by Crippen LogP contribution is 2.24. The molecule has 1 heterocycles. The maximum Gasteiger partial charge on any atom is 0.262 e. The van der Waals surface area contributed by atoms with Crippen molar-refractivity contribution in [2.75, 3.05) is 10.5 Å². The molecule has 0 saturated heterocycles. The molecule has 6 nitrogen and oxygen atoms in total. The Kier molecular flexibility index (Phi) is 3.67. The lowest BCUT2D eigenvalue weighted by molar-refractivity contribution is 0.591. The maximum absolute atomic E-state index is 13.6. The molecule has 3 N–H and O–H groups in total. The first-order valence-electron chi connectivity index (χ1n) is 5.94. The number of nitrogens with zero attached hydrogens (tertiary/aromatic N) is 2. The van der Waals surface area contributed by atoms with Crippen LogP contribution in [0.2, 0.25) is 0 Å². The fourth-order valence-corrected chi connectivity index (χ4v) is 3.07. The quantitative estimate of drug-likeness (QED) is 0.841. The molecule has 1 aromatic carbocycles. The number of nitrogens with one attached hydrogen (secondary N) is 1. The molecule has 0 spiro atoms. The number of aromatic nitrogens is 2. The molecule has 108 valence electrons. The van der Waals surface area contributed by atoms with Crippen molar-refractivity contribution in [1.29, 1.82) is 0 Å². The van der Waals surface area contributed by atoms with E-state index in [4.69, 9.17) is 5.73 Å². The van der Waals surface area contributed by atoms with Crippen LogP contribution in [0.25, 0.3) is 0 Å². The monoisotopic (exact) mass is 298 g/mol. The Morgan fingerprint density at radius 2 is 2.15 bits per heavy atom. The van der Waals surface area contributed by atoms with Gasteiger partial charge in [0.05, 0.1) is 16.8 Å². The Morgan fingerprint density at radius 3 is 2.75 bits per heavy atom. The molecule has 0 bridgehead atoms. The van der Waals surface area contributed by atoms with E-state index in [0.717, 1.165) is 6.07 Å². The predicted octanol–water partition coefficient (Wildman–Crippen LogP) is 1.73. The topological polar surface area (TPSA) is 90.0 Å². The lowest BCUT2D eigenvalue weighted by Gasteiger charge is -2.10. The lowest BCUT2D eigenvalue weighted by Crippen LogP contribution is -2.15. The smallest absolute Gasteiger partial charge is 0.262 e. The second-order valence-corrected chi connectivity index (χ2v) is 5.97. The zero-order chi connectivity index (χ0) is 14.9. The van der Waals surface area contributed by atoms with E-state index in [1.54, 1.807) is 10.9 Å². The van der Waals surface area contributed by atoms with Crippen LogP contribution >= 0.6 is 0 Å². The predicted molar refractivity (Wildman–Crippen MR) is 74.3 cm³/mol. The van der Waals surface area contributed by atoms with Crippen LogP contribution in [0.4, 0.5) is 15.8 Å². The van der Waals surface area contributed by atoms with Crippen LogP contribution in [-0.2, 0) is 16.6 Å². The molecule has 0 aliphatic heterocycles. The minimum atomic E-state index is -3.91. The zero-order valence-corrected chi connectivity index (χ0v) is 11.9. The van der Waals surface area contributed by atoms with E-state index in [1.165, 1.54) is 19.2 Å². The van der Waals surface area contributed by atoms with Crippen LogP contribution in [0, 0.1) is 12.7 Å². The van der Waals surface area contributed by atoms with E-state index in [9.17, 15) is 12.8 Å². The number of hydrogen-bond acceptors (Lipinski definition) is 4. The molecule has 20 heavy (non-hydrogen) atoms. The maximum atomic E-state index is 13.6. The zero-order valence-electron chi connectivity index (χ0n) is 11.1. The number of rotatable bonds is 4. The van der Waals surface area contributed by atoms with Crippen LogP contribution in [-0.4, -0.2) is 18.2 Å². The molecule has 0 aliphatic rings. The third-order valence-electron chi connectivity index (χ3n) is 2.82. The summed E-state index contributed by atoms with van der Waals surface area (Å²) in [4.78, 5) is -0.181. The molecular weight excluding hydrogens is 283 g/mol. The van der Waals surface area contributed by atoms with E-state index >= 15 is 0 Å². The molecule has 0 aliphatic carbocycles. The van der Waals surface area contributed by atoms with Gasteiger partial charge in [-0.3, -0.25) is 9.40 Å². The summed E-state index contributed by atoms with van der Waals surface area (Å²) < 4.78 is 42.0. The molecule has 2 aromatic rings. The summed E-state index contributed by atoms with van der Waals surface area (Å²) >= 11 is 0. The van der Waals surface area contributed by atoms with Crippen LogP contribution in [0.3, 0.4) is 0 Å². The van der Waals surface area contributed by atoms with Crippen LogP contribution in [0.5, 0.6) is 0 Å². The number of aryl methyl sites for hydroxylation is 1. The third kappa shape index (κ3) is 2.74. The minimum absolute atomic E-state index is 0.0228. The molecular formula is C12H15FN4O2S. The summed E-state index contributed by atoms with van der Waals surface area (Å²) in [6.45, 7) is 3.88. The Morgan fingerprint density at radius 1 is 1.45 bits per heavy atom. The van der Waals surface area contributed by atoms with Crippen LogP contribution in [0.1, 0.15) is 12.5 Å². The van der Waals surface area contributed by atoms with Crippen LogP contribution in [0.15, 0.2) is 29.4 Å². The van der Waals surface area contributed by atoms with Gasteiger partial charge in [-0.05, 0) is 26.0 Å². The van der Waals surface area contributed by atoms with E-state index in [1.807, 2.05) is 6.92 Å². The number of hydrogen-bond donors (Lipinski definition) is 2. The first kappa shape index (κ1) is 14.3. The van der Waals surface area contributed by atoms with Crippen molar-refractivity contribution < 1.29 is 12.8 Å². The highest BCUT2D eigenvalue weighted by molar-refractivity contribution is 7.92. The van der Waals surface area contributed by atoms with E-state index in [2.05, 4.69) is 9.82 Å². The van der Waals surface area contributed by atoms with E-state index in [0.29, 0.717) is 12.2 Å². The van der Waals surface area contributed by atoms with Gasteiger partial charge in [0.1, 0.15) is 5.82 Å². The standard InChI is InChI=1S/C12H15FN4O2S/c1-3-17-7-10(6-15-17)16-20(18,19)12-5-9(14)4-11(13)8(12)2/h4-7,16H,3,14H2,1-2H3. The van der Waals surface area contributed by atoms with Crippen molar-refractivity contribution in [3.63, 3.8) is 0 Å². The number of anilines is 2. The third-order valence-corrected chi connectivity index (χ3v) is 4.33. The fraction of sp³-hybridized carbons (Fsp3) is 0.250. The second kappa shape index (κ2) is 5.12. The second-order valence-electron chi connectivity index (χ2n) is 4.32. The first-order chi connectivity index (χ1) is 9.33. The fourth-order valence-electron chi connectivity index (χ4n) is 1.75. The van der Waals surface area contributed by atoms with Crippen molar-refractivity contribution in [2.45, 2.75) is 25.3 Å². The summed E-state index contributed by atoms with van der Waals surface area (Å²) in [5, 5.41) is 3.96. The highest BCUT2D eigenvalue weighted by Gasteiger charge is 2.20. The Balaban J connectivity index is 2.40. The van der Waals surface area contributed by atoms with Gasteiger partial charge < -0.3 is 5.73 Å². The van der Waals surface area contributed by atoms with Gasteiger partial charge in [0, 0.05) is 24.0 Å². The average Bonchev–Trinajstić information content (AvgIpc) is 2.80. The molecule has 0 atom stereocenters. The number of halogens is 1. The van der Waals surface area contributed by atoms with Crippen molar-refractivity contribution in [3.05, 3.63) is 35.9 Å². The first-order valence-corrected chi connectivity index (χ1v) is 7.42. The average molecular weight is 298 g/mol. The van der Waals surface area contributed by atoms with Gasteiger partial charge in [-0.15, -0.1) is 0 Å². The normalized spacial score (nSPS) is 11.6. The number of benzene rings is 1. The molecule has 0 unspecified atom stereocenters. The SMILES string of the molecule is CCn1cc(NS(=O)(=O)c2cc(N)cc(F)c2C)cn1. The largest absolute Gasteiger partial charge is 0.399 e. The van der Waals surface area contributed by atoms with E-state index < -0.39 is 15.8 Å². The van der Waals surface area contributed by atoms with Crippen molar-refractivity contribution in [2.24, 2.45) is 0 Å². The number of sulfonamides is 1. The number of nitrogen functional groups attached to an aromatic ring is 1. The Labute approximate surface area is 116 Å². The van der Waals surface area contributed by atoms with Gasteiger partial charge in [-0.2, -0.15) is 5.10 Å². The Bertz CT molecular complexity index is 740. The van der Waals surface area contributed by atoms with Gasteiger partial charge in [-0.1, -0.05) is 0 Å². The van der Waals surface area contributed by atoms with Crippen molar-refractivity contribution in [1.82, 2.24) is 9.78 Å². The Hall–Kier alpha value is -2.09. The van der Waals surface area contributed by atoms with Gasteiger partial charge in [0.2, 0.25) is 0 Å². The van der Waals surface area contributed by atoms with Crippen molar-refractivity contribution in [3.8, 4) is 0 Å². The van der Waals surface area contributed by atoms with Gasteiger partial charge in [0.25, 0.3) is 10.0 Å². The molecule has 2 rings (SSSR count). The van der Waals surface area contributed by atoms with Crippen LogP contribution < -0.4 is 10.5 Å². The van der Waals surface area contributed by atoms with Gasteiger partial charge in [0.15, 0.2) is 0 Å². The minimum Gasteiger partial charge on any atom is -0.399 e. The molecule has 0 radical (unpaired) electrons. The lowest BCUT2D eigenvalue weighted by atomic mass is 10.2.